The summed E-state index contributed by atoms with van der Waals surface area (Å²) in [4.78, 5) is 50.6. The van der Waals surface area contributed by atoms with Crippen LogP contribution in [0, 0.1) is 28.6 Å². The number of nitrogens with one attached hydrogen (secondary N) is 2. The zero-order valence-electron chi connectivity index (χ0n) is 25.9. The Morgan fingerprint density at radius 2 is 1.98 bits per heavy atom. The van der Waals surface area contributed by atoms with Crippen LogP contribution < -0.4 is 16.4 Å². The van der Waals surface area contributed by atoms with E-state index in [0.717, 1.165) is 24.8 Å². The van der Waals surface area contributed by atoms with Gasteiger partial charge in [0, 0.05) is 16.7 Å². The van der Waals surface area contributed by atoms with E-state index in [4.69, 9.17) is 19.9 Å². The van der Waals surface area contributed by atoms with Crippen LogP contribution in [0.4, 0.5) is 0 Å². The molecule has 4 aliphatic carbocycles. The summed E-state index contributed by atoms with van der Waals surface area (Å²) < 4.78 is 18.7. The number of hydrogen-bond donors (Lipinski definition) is 4. The molecule has 0 spiro atoms. The first-order valence-electron chi connectivity index (χ1n) is 15.7. The molecule has 11 heteroatoms. The molecule has 0 aromatic carbocycles. The van der Waals surface area contributed by atoms with Gasteiger partial charge in [0.25, 0.3) is 0 Å². The first-order valence-corrected chi connectivity index (χ1v) is 15.7. The minimum Gasteiger partial charge on any atom is -0.393 e. The van der Waals surface area contributed by atoms with Gasteiger partial charge in [-0.05, 0) is 69.9 Å². The second-order valence-corrected chi connectivity index (χ2v) is 13.6. The zero-order valence-corrected chi connectivity index (χ0v) is 25.9. The third kappa shape index (κ3) is 5.20. The smallest absolute Gasteiger partial charge is 0.244 e. The Kier molecular flexibility index (Phi) is 8.78. The van der Waals surface area contributed by atoms with E-state index in [0.29, 0.717) is 19.3 Å². The molecule has 11 nitrogen and oxygen atoms in total. The standard InChI is InChI=1S/C32H47N3O8/c1-6-7-26-42-25-13-22-21-9-8-19-12-20(36)10-11-30(19,4)27(21)23(37)14-31(22,5)32(25,43-26)24(38)15-41-16-34-29(40)18(3)35-28(39)17(2)33/h10-12,17-18,21-23,25-27,37H,6-9,13-16,33H2,1-5H3,(H,34,40)(H,35,39)/t17-,18-,21-,22-,23-,25+,26?,27+,30-,31-,32+/m0/s1. The number of carbonyl (C=O) groups excluding carboxylic acids is 4. The van der Waals surface area contributed by atoms with Crippen LogP contribution in [0.5, 0.6) is 0 Å². The molecular weight excluding hydrogens is 554 g/mol. The lowest BCUT2D eigenvalue weighted by molar-refractivity contribution is -0.201. The molecule has 238 valence electrons. The highest BCUT2D eigenvalue weighted by Crippen LogP contribution is 2.69. The number of amides is 2. The summed E-state index contributed by atoms with van der Waals surface area (Å²) in [7, 11) is 0. The Morgan fingerprint density at radius 1 is 1.23 bits per heavy atom. The van der Waals surface area contributed by atoms with E-state index in [-0.39, 0.29) is 42.7 Å². The zero-order chi connectivity index (χ0) is 31.3. The molecule has 0 aromatic heterocycles. The Bertz CT molecular complexity index is 1220. The van der Waals surface area contributed by atoms with Gasteiger partial charge in [0.2, 0.25) is 11.8 Å². The Balaban J connectivity index is 1.33. The molecule has 0 radical (unpaired) electrons. The number of aliphatic hydroxyl groups is 1. The lowest BCUT2D eigenvalue weighted by Crippen LogP contribution is -2.63. The summed E-state index contributed by atoms with van der Waals surface area (Å²) in [5, 5.41) is 16.9. The van der Waals surface area contributed by atoms with Gasteiger partial charge in [-0.2, -0.15) is 0 Å². The van der Waals surface area contributed by atoms with Crippen LogP contribution in [-0.4, -0.2) is 78.0 Å². The second kappa shape index (κ2) is 11.8. The second-order valence-electron chi connectivity index (χ2n) is 13.6. The molecule has 0 bridgehead atoms. The van der Waals surface area contributed by atoms with E-state index in [9.17, 15) is 24.3 Å². The predicted octanol–water partition coefficient (Wildman–Crippen LogP) is 1.67. The molecule has 4 fully saturated rings. The summed E-state index contributed by atoms with van der Waals surface area (Å²) in [6.07, 6.45) is 7.68. The lowest BCUT2D eigenvalue weighted by Gasteiger charge is -2.59. The maximum atomic E-state index is 14.2. The van der Waals surface area contributed by atoms with Crippen molar-refractivity contribution in [2.75, 3.05) is 13.3 Å². The van der Waals surface area contributed by atoms with Gasteiger partial charge in [-0.15, -0.1) is 0 Å². The number of allylic oxidation sites excluding steroid dienone is 4. The molecule has 1 saturated heterocycles. The average molecular weight is 602 g/mol. The quantitative estimate of drug-likeness (QED) is 0.215. The van der Waals surface area contributed by atoms with Crippen LogP contribution in [0.15, 0.2) is 23.8 Å². The van der Waals surface area contributed by atoms with Crippen molar-refractivity contribution in [2.24, 2.45) is 34.3 Å². The molecule has 5 rings (SSSR count). The van der Waals surface area contributed by atoms with E-state index in [1.165, 1.54) is 13.8 Å². The van der Waals surface area contributed by atoms with E-state index < -0.39 is 58.8 Å². The first-order chi connectivity index (χ1) is 20.3. The summed E-state index contributed by atoms with van der Waals surface area (Å²) in [6, 6.07) is -1.57. The van der Waals surface area contributed by atoms with E-state index in [1.54, 1.807) is 12.2 Å². The van der Waals surface area contributed by atoms with Crippen LogP contribution in [0.3, 0.4) is 0 Å². The number of ketones is 2. The number of hydrogen-bond acceptors (Lipinski definition) is 9. The Labute approximate surface area is 253 Å². The van der Waals surface area contributed by atoms with Crippen molar-refractivity contribution < 1.29 is 38.5 Å². The summed E-state index contributed by atoms with van der Waals surface area (Å²) in [5.41, 5.74) is 4.22. The summed E-state index contributed by atoms with van der Waals surface area (Å²) in [6.45, 7) is 8.75. The maximum Gasteiger partial charge on any atom is 0.244 e. The van der Waals surface area contributed by atoms with Gasteiger partial charge in [0.1, 0.15) is 19.4 Å². The monoisotopic (exact) mass is 601 g/mol. The van der Waals surface area contributed by atoms with Gasteiger partial charge in [-0.1, -0.05) is 38.8 Å². The highest BCUT2D eigenvalue weighted by Gasteiger charge is 2.75. The minimum atomic E-state index is -1.29. The molecular formula is C32H47N3O8. The molecule has 5 aliphatic rings. The van der Waals surface area contributed by atoms with Crippen molar-refractivity contribution in [1.82, 2.24) is 10.6 Å². The number of rotatable bonds is 10. The molecule has 3 saturated carbocycles. The van der Waals surface area contributed by atoms with Crippen molar-refractivity contribution in [2.45, 2.75) is 109 Å². The first kappa shape index (κ1) is 32.0. The SMILES string of the molecule is CCCC1O[C@@H]2C[C@H]3[C@@H]4CCC5=CC(=O)C=C[C@]5(C)[C@H]4[C@@H](O)C[C@]3(C)[C@]2(C(=O)COCNC(=O)[C@H](C)NC(=O)[C@H](C)N)O1. The summed E-state index contributed by atoms with van der Waals surface area (Å²) >= 11 is 0. The molecule has 0 aromatic rings. The molecule has 1 heterocycles. The highest BCUT2D eigenvalue weighted by atomic mass is 16.7. The van der Waals surface area contributed by atoms with Crippen molar-refractivity contribution in [3.8, 4) is 0 Å². The van der Waals surface area contributed by atoms with Gasteiger partial charge in [-0.3, -0.25) is 19.2 Å². The fourth-order valence-corrected chi connectivity index (χ4v) is 8.94. The fourth-order valence-electron chi connectivity index (χ4n) is 8.94. The number of carbonyl (C=O) groups is 4. The number of aliphatic hydroxyl groups excluding tert-OH is 1. The number of Topliss-reactive ketones (excluding diaryl/α,β-unsaturated/α-hetero) is 1. The van der Waals surface area contributed by atoms with Crippen LogP contribution in [0.2, 0.25) is 0 Å². The largest absolute Gasteiger partial charge is 0.393 e. The van der Waals surface area contributed by atoms with Gasteiger partial charge in [0.15, 0.2) is 23.5 Å². The predicted molar refractivity (Wildman–Crippen MR) is 156 cm³/mol. The van der Waals surface area contributed by atoms with E-state index >= 15 is 0 Å². The fraction of sp³-hybridized carbons (Fsp3) is 0.750. The maximum absolute atomic E-state index is 14.2. The normalized spacial score (nSPS) is 40.8. The molecule has 5 N–H and O–H groups in total. The van der Waals surface area contributed by atoms with E-state index in [1.807, 2.05) is 13.0 Å². The molecule has 1 unspecified atom stereocenters. The van der Waals surface area contributed by atoms with Crippen molar-refractivity contribution in [3.63, 3.8) is 0 Å². The molecule has 2 amide bonds. The van der Waals surface area contributed by atoms with Crippen LogP contribution in [0.25, 0.3) is 0 Å². The average Bonchev–Trinajstić information content (AvgIpc) is 3.43. The van der Waals surface area contributed by atoms with Crippen molar-refractivity contribution in [1.29, 1.82) is 0 Å². The van der Waals surface area contributed by atoms with Gasteiger partial charge in [0.05, 0.1) is 18.2 Å². The van der Waals surface area contributed by atoms with Crippen molar-refractivity contribution >= 4 is 23.4 Å². The third-order valence-electron chi connectivity index (χ3n) is 11.0. The Morgan fingerprint density at radius 3 is 2.67 bits per heavy atom. The van der Waals surface area contributed by atoms with Gasteiger partial charge < -0.3 is 35.7 Å². The van der Waals surface area contributed by atoms with Crippen LogP contribution in [0.1, 0.15) is 73.1 Å². The van der Waals surface area contributed by atoms with Gasteiger partial charge >= 0.3 is 0 Å². The van der Waals surface area contributed by atoms with Crippen molar-refractivity contribution in [3.05, 3.63) is 23.8 Å². The highest BCUT2D eigenvalue weighted by molar-refractivity contribution is 6.01. The van der Waals surface area contributed by atoms with Crippen LogP contribution in [-0.2, 0) is 33.4 Å². The molecule has 11 atom stereocenters. The van der Waals surface area contributed by atoms with E-state index in [2.05, 4.69) is 24.5 Å². The van der Waals surface area contributed by atoms with Gasteiger partial charge in [-0.25, -0.2) is 0 Å². The van der Waals surface area contributed by atoms with Crippen LogP contribution >= 0.6 is 0 Å². The number of nitrogens with two attached hydrogens (primary N) is 1. The minimum absolute atomic E-state index is 0.00895. The number of ether oxygens (including phenoxy) is 3. The number of fused-ring (bicyclic) bond motifs is 7. The summed E-state index contributed by atoms with van der Waals surface area (Å²) in [5.74, 6) is -1.08. The molecule has 43 heavy (non-hydrogen) atoms. The lowest BCUT2D eigenvalue weighted by atomic mass is 9.46. The topological polar surface area (TPSA) is 166 Å². The molecule has 1 aliphatic heterocycles. The third-order valence-corrected chi connectivity index (χ3v) is 11.0. The Hall–Kier alpha value is -2.44.